The van der Waals surface area contributed by atoms with Gasteiger partial charge >= 0.3 is 13.3 Å². The van der Waals surface area contributed by atoms with Gasteiger partial charge in [0.25, 0.3) is 0 Å². The van der Waals surface area contributed by atoms with E-state index in [1.165, 1.54) is 6.07 Å². The molecule has 3 nitrogen and oxygen atoms in total. The Bertz CT molecular complexity index is 600. The molecule has 0 atom stereocenters. The summed E-state index contributed by atoms with van der Waals surface area (Å²) >= 11 is 0. The lowest BCUT2D eigenvalue weighted by molar-refractivity contribution is -0.137. The van der Waals surface area contributed by atoms with Crippen molar-refractivity contribution in [3.63, 3.8) is 0 Å². The lowest BCUT2D eigenvalue weighted by Crippen LogP contribution is -2.31. The third-order valence-corrected chi connectivity index (χ3v) is 2.80. The summed E-state index contributed by atoms with van der Waals surface area (Å²) in [7, 11) is -1.99. The first kappa shape index (κ1) is 15.4. The van der Waals surface area contributed by atoms with Crippen LogP contribution in [0.2, 0.25) is 0 Å². The maximum atomic E-state index is 12.8. The van der Waals surface area contributed by atoms with Crippen molar-refractivity contribution < 1.29 is 28.0 Å². The molecule has 0 saturated carbocycles. The first-order valence-electron chi connectivity index (χ1n) is 6.11. The van der Waals surface area contributed by atoms with Crippen molar-refractivity contribution in [1.29, 1.82) is 0 Å². The number of hydrogen-bond acceptors (Lipinski definition) is 3. The molecule has 2 aromatic rings. The van der Waals surface area contributed by atoms with Gasteiger partial charge in [0.2, 0.25) is 0 Å². The van der Waals surface area contributed by atoms with Crippen molar-refractivity contribution in [3.8, 4) is 5.75 Å². The van der Waals surface area contributed by atoms with Crippen molar-refractivity contribution in [1.82, 2.24) is 0 Å². The fraction of sp³-hybridized carbons (Fsp3) is 0.143. The van der Waals surface area contributed by atoms with Crippen molar-refractivity contribution in [2.24, 2.45) is 0 Å². The molecule has 2 aromatic carbocycles. The van der Waals surface area contributed by atoms with Gasteiger partial charge in [0.1, 0.15) is 12.4 Å². The third-order valence-electron chi connectivity index (χ3n) is 2.80. The fourth-order valence-electron chi connectivity index (χ4n) is 1.76. The maximum absolute atomic E-state index is 12.8. The normalized spacial score (nSPS) is 11.3. The van der Waals surface area contributed by atoms with Gasteiger partial charge < -0.3 is 14.8 Å². The Morgan fingerprint density at radius 2 is 1.67 bits per heavy atom. The van der Waals surface area contributed by atoms with Gasteiger partial charge in [-0.2, -0.15) is 13.2 Å². The van der Waals surface area contributed by atoms with Crippen LogP contribution >= 0.6 is 0 Å². The molecule has 21 heavy (non-hydrogen) atoms. The molecule has 0 fully saturated rings. The minimum absolute atomic E-state index is 0.0724. The Labute approximate surface area is 119 Å². The van der Waals surface area contributed by atoms with Gasteiger partial charge in [-0.1, -0.05) is 30.3 Å². The highest BCUT2D eigenvalue weighted by Crippen LogP contribution is 2.31. The van der Waals surface area contributed by atoms with Gasteiger partial charge in [0, 0.05) is 0 Å². The SMILES string of the molecule is OB(O)c1cc(OCc2ccccc2)cc(C(F)(F)F)c1. The van der Waals surface area contributed by atoms with E-state index in [4.69, 9.17) is 14.8 Å². The topological polar surface area (TPSA) is 49.7 Å². The summed E-state index contributed by atoms with van der Waals surface area (Å²) in [6.07, 6.45) is -4.59. The summed E-state index contributed by atoms with van der Waals surface area (Å²) in [5.41, 5.74) is -0.468. The molecule has 0 aliphatic heterocycles. The first-order chi connectivity index (χ1) is 9.86. The van der Waals surface area contributed by atoms with E-state index in [2.05, 4.69) is 0 Å². The standard InChI is InChI=1S/C14H12BF3O3/c16-14(17,18)11-6-12(15(19)20)8-13(7-11)21-9-10-4-2-1-3-5-10/h1-8,19-20H,9H2. The molecular weight excluding hydrogens is 284 g/mol. The molecule has 0 bridgehead atoms. The van der Waals surface area contributed by atoms with Crippen LogP contribution in [0.1, 0.15) is 11.1 Å². The van der Waals surface area contributed by atoms with E-state index < -0.39 is 18.9 Å². The number of hydrogen-bond donors (Lipinski definition) is 2. The van der Waals surface area contributed by atoms with E-state index in [0.29, 0.717) is 6.07 Å². The van der Waals surface area contributed by atoms with Gasteiger partial charge in [-0.05, 0) is 29.2 Å². The van der Waals surface area contributed by atoms with E-state index in [1.54, 1.807) is 24.3 Å². The Balaban J connectivity index is 2.24. The largest absolute Gasteiger partial charge is 0.489 e. The number of benzene rings is 2. The number of ether oxygens (including phenoxy) is 1. The van der Waals surface area contributed by atoms with Crippen molar-refractivity contribution in [2.45, 2.75) is 12.8 Å². The fourth-order valence-corrected chi connectivity index (χ4v) is 1.76. The highest BCUT2D eigenvalue weighted by Gasteiger charge is 2.32. The van der Waals surface area contributed by atoms with E-state index in [-0.39, 0.29) is 17.8 Å². The zero-order valence-corrected chi connectivity index (χ0v) is 10.8. The van der Waals surface area contributed by atoms with Gasteiger partial charge in [-0.15, -0.1) is 0 Å². The quantitative estimate of drug-likeness (QED) is 0.848. The molecule has 0 aliphatic rings. The zero-order valence-electron chi connectivity index (χ0n) is 10.8. The molecule has 0 unspecified atom stereocenters. The van der Waals surface area contributed by atoms with Gasteiger partial charge in [-0.3, -0.25) is 0 Å². The minimum atomic E-state index is -4.59. The van der Waals surface area contributed by atoms with E-state index in [1.807, 2.05) is 6.07 Å². The van der Waals surface area contributed by atoms with Crippen LogP contribution in [0.25, 0.3) is 0 Å². The molecule has 0 aliphatic carbocycles. The monoisotopic (exact) mass is 296 g/mol. The predicted octanol–water partition coefficient (Wildman–Crippen LogP) is 1.96. The second-order valence-corrected chi connectivity index (χ2v) is 4.44. The lowest BCUT2D eigenvalue weighted by atomic mass is 9.79. The van der Waals surface area contributed by atoms with Crippen LogP contribution in [-0.2, 0) is 12.8 Å². The van der Waals surface area contributed by atoms with Crippen molar-refractivity contribution in [3.05, 3.63) is 59.7 Å². The van der Waals surface area contributed by atoms with Crippen molar-refractivity contribution in [2.75, 3.05) is 0 Å². The Kier molecular flexibility index (Phi) is 4.54. The Hall–Kier alpha value is -1.99. The first-order valence-corrected chi connectivity index (χ1v) is 6.11. The summed E-state index contributed by atoms with van der Waals surface area (Å²) in [4.78, 5) is 0. The van der Waals surface area contributed by atoms with Crippen LogP contribution in [0.4, 0.5) is 13.2 Å². The third kappa shape index (κ3) is 4.24. The van der Waals surface area contributed by atoms with Gasteiger partial charge in [0.15, 0.2) is 0 Å². The average molecular weight is 296 g/mol. The van der Waals surface area contributed by atoms with Crippen LogP contribution in [0, 0.1) is 0 Å². The maximum Gasteiger partial charge on any atom is 0.488 e. The Morgan fingerprint density at radius 3 is 2.24 bits per heavy atom. The molecule has 0 radical (unpaired) electrons. The van der Waals surface area contributed by atoms with Crippen LogP contribution < -0.4 is 10.2 Å². The van der Waals surface area contributed by atoms with E-state index in [9.17, 15) is 13.2 Å². The van der Waals surface area contributed by atoms with E-state index >= 15 is 0 Å². The summed E-state index contributed by atoms with van der Waals surface area (Å²) < 4.78 is 43.6. The summed E-state index contributed by atoms with van der Waals surface area (Å²) in [6.45, 7) is 0.0864. The summed E-state index contributed by atoms with van der Waals surface area (Å²) in [5, 5.41) is 18.1. The minimum Gasteiger partial charge on any atom is -0.489 e. The van der Waals surface area contributed by atoms with Crippen LogP contribution in [0.3, 0.4) is 0 Å². The molecule has 0 amide bonds. The molecule has 110 valence electrons. The molecular formula is C14H12BF3O3. The molecule has 2 rings (SSSR count). The lowest BCUT2D eigenvalue weighted by Gasteiger charge is -2.13. The molecule has 7 heteroatoms. The van der Waals surface area contributed by atoms with Crippen LogP contribution in [-0.4, -0.2) is 17.2 Å². The molecule has 0 aromatic heterocycles. The Morgan fingerprint density at radius 1 is 1.00 bits per heavy atom. The second kappa shape index (κ2) is 6.20. The average Bonchev–Trinajstić information content (AvgIpc) is 2.45. The second-order valence-electron chi connectivity index (χ2n) is 4.44. The van der Waals surface area contributed by atoms with E-state index in [0.717, 1.165) is 11.6 Å². The summed E-state index contributed by atoms with van der Waals surface area (Å²) in [5.74, 6) is -0.0724. The number of alkyl halides is 3. The smallest absolute Gasteiger partial charge is 0.488 e. The van der Waals surface area contributed by atoms with Crippen molar-refractivity contribution >= 4 is 12.6 Å². The van der Waals surface area contributed by atoms with Crippen LogP contribution in [0.5, 0.6) is 5.75 Å². The number of halogens is 3. The highest BCUT2D eigenvalue weighted by atomic mass is 19.4. The predicted molar refractivity (Wildman–Crippen MR) is 72.0 cm³/mol. The highest BCUT2D eigenvalue weighted by molar-refractivity contribution is 6.58. The van der Waals surface area contributed by atoms with Gasteiger partial charge in [-0.25, -0.2) is 0 Å². The molecule has 2 N–H and O–H groups in total. The molecule has 0 saturated heterocycles. The molecule has 0 heterocycles. The summed E-state index contributed by atoms with van der Waals surface area (Å²) in [6, 6.07) is 11.6. The van der Waals surface area contributed by atoms with Crippen LogP contribution in [0.15, 0.2) is 48.5 Å². The molecule has 0 spiro atoms. The zero-order chi connectivity index (χ0) is 15.5. The number of rotatable bonds is 4. The van der Waals surface area contributed by atoms with Gasteiger partial charge in [0.05, 0.1) is 5.56 Å².